The highest BCUT2D eigenvalue weighted by molar-refractivity contribution is 9.10. The highest BCUT2D eigenvalue weighted by Crippen LogP contribution is 2.23. The van der Waals surface area contributed by atoms with E-state index in [0.29, 0.717) is 13.2 Å². The molecule has 0 aliphatic heterocycles. The van der Waals surface area contributed by atoms with Crippen LogP contribution in [0.25, 0.3) is 0 Å². The average molecular weight is 349 g/mol. The zero-order valence-electron chi connectivity index (χ0n) is 11.2. The van der Waals surface area contributed by atoms with E-state index in [1.807, 2.05) is 25.1 Å². The molecule has 0 radical (unpaired) electrons. The maximum Gasteiger partial charge on any atom is 0.120 e. The Kier molecular flexibility index (Phi) is 8.14. The zero-order valence-corrected chi connectivity index (χ0v) is 13.6. The van der Waals surface area contributed by atoms with E-state index in [1.54, 1.807) is 7.11 Å². The average Bonchev–Trinajstić information content (AvgIpc) is 2.43. The lowest BCUT2D eigenvalue weighted by molar-refractivity contribution is 0.199. The molecule has 1 N–H and O–H groups in total. The SMILES string of the molecule is COCCNCc1cc(OC/C(C)=C/Cl)ccc1Br. The van der Waals surface area contributed by atoms with Gasteiger partial charge in [-0.1, -0.05) is 27.5 Å². The predicted molar refractivity (Wildman–Crippen MR) is 82.8 cm³/mol. The van der Waals surface area contributed by atoms with Crippen molar-refractivity contribution in [2.24, 2.45) is 0 Å². The van der Waals surface area contributed by atoms with Gasteiger partial charge in [-0.2, -0.15) is 0 Å². The molecule has 0 fully saturated rings. The Morgan fingerprint density at radius 1 is 1.47 bits per heavy atom. The Bertz CT molecular complexity index is 424. The molecule has 1 aromatic carbocycles. The number of hydrogen-bond donors (Lipinski definition) is 1. The first-order chi connectivity index (χ1) is 9.17. The number of rotatable bonds is 8. The van der Waals surface area contributed by atoms with E-state index in [0.717, 1.165) is 34.4 Å². The van der Waals surface area contributed by atoms with E-state index in [2.05, 4.69) is 21.2 Å². The van der Waals surface area contributed by atoms with Crippen molar-refractivity contribution in [3.8, 4) is 5.75 Å². The number of halogens is 2. The standard InChI is InChI=1S/C14H19BrClNO2/c1-11(8-16)10-19-13-3-4-14(15)12(7-13)9-17-5-6-18-2/h3-4,7-8,17H,5-6,9-10H2,1-2H3/b11-8+. The van der Waals surface area contributed by atoms with Crippen molar-refractivity contribution in [3.63, 3.8) is 0 Å². The van der Waals surface area contributed by atoms with Crippen LogP contribution in [0, 0.1) is 0 Å². The first kappa shape index (κ1) is 16.5. The number of ether oxygens (including phenoxy) is 2. The smallest absolute Gasteiger partial charge is 0.120 e. The fraction of sp³-hybridized carbons (Fsp3) is 0.429. The van der Waals surface area contributed by atoms with Crippen molar-refractivity contribution in [1.29, 1.82) is 0 Å². The molecule has 0 spiro atoms. The monoisotopic (exact) mass is 347 g/mol. The van der Waals surface area contributed by atoms with E-state index in [4.69, 9.17) is 21.1 Å². The Labute approximate surface area is 128 Å². The third-order valence-corrected chi connectivity index (χ3v) is 3.61. The molecule has 19 heavy (non-hydrogen) atoms. The van der Waals surface area contributed by atoms with Crippen molar-refractivity contribution in [2.45, 2.75) is 13.5 Å². The first-order valence-corrected chi connectivity index (χ1v) is 7.27. The van der Waals surface area contributed by atoms with Crippen molar-refractivity contribution < 1.29 is 9.47 Å². The van der Waals surface area contributed by atoms with Crippen LogP contribution in [0.5, 0.6) is 5.75 Å². The summed E-state index contributed by atoms with van der Waals surface area (Å²) >= 11 is 9.14. The van der Waals surface area contributed by atoms with Crippen LogP contribution in [0.4, 0.5) is 0 Å². The van der Waals surface area contributed by atoms with Gasteiger partial charge in [0.2, 0.25) is 0 Å². The first-order valence-electron chi connectivity index (χ1n) is 6.04. The van der Waals surface area contributed by atoms with Crippen LogP contribution >= 0.6 is 27.5 Å². The summed E-state index contributed by atoms with van der Waals surface area (Å²) in [5.41, 5.74) is 3.68. The molecule has 0 aliphatic rings. The topological polar surface area (TPSA) is 30.5 Å². The van der Waals surface area contributed by atoms with Crippen LogP contribution in [0.15, 0.2) is 33.8 Å². The van der Waals surface area contributed by atoms with Crippen molar-refractivity contribution >= 4 is 27.5 Å². The number of nitrogens with one attached hydrogen (secondary N) is 1. The van der Waals surface area contributed by atoms with Crippen molar-refractivity contribution in [3.05, 3.63) is 39.3 Å². The summed E-state index contributed by atoms with van der Waals surface area (Å²) in [6.07, 6.45) is 0. The molecule has 0 unspecified atom stereocenters. The quantitative estimate of drug-likeness (QED) is 0.727. The predicted octanol–water partition coefficient (Wildman–Crippen LogP) is 3.71. The van der Waals surface area contributed by atoms with Crippen molar-refractivity contribution in [2.75, 3.05) is 26.9 Å². The normalized spacial score (nSPS) is 11.7. The lowest BCUT2D eigenvalue weighted by Gasteiger charge is -2.10. The molecule has 106 valence electrons. The van der Waals surface area contributed by atoms with Gasteiger partial charge >= 0.3 is 0 Å². The van der Waals surface area contributed by atoms with Gasteiger partial charge in [-0.15, -0.1) is 0 Å². The molecule has 0 bridgehead atoms. The molecular formula is C14H19BrClNO2. The third kappa shape index (κ3) is 6.43. The van der Waals surface area contributed by atoms with Gasteiger partial charge in [0.15, 0.2) is 0 Å². The summed E-state index contributed by atoms with van der Waals surface area (Å²) in [5.74, 6) is 0.838. The molecule has 1 rings (SSSR count). The fourth-order valence-electron chi connectivity index (χ4n) is 1.40. The molecule has 0 aliphatic carbocycles. The van der Waals surface area contributed by atoms with Crippen LogP contribution in [-0.2, 0) is 11.3 Å². The number of benzene rings is 1. The largest absolute Gasteiger partial charge is 0.489 e. The van der Waals surface area contributed by atoms with Crippen LogP contribution in [-0.4, -0.2) is 26.9 Å². The van der Waals surface area contributed by atoms with E-state index in [-0.39, 0.29) is 0 Å². The minimum atomic E-state index is 0.502. The highest BCUT2D eigenvalue weighted by Gasteiger charge is 2.03. The minimum Gasteiger partial charge on any atom is -0.489 e. The molecule has 0 amide bonds. The summed E-state index contributed by atoms with van der Waals surface area (Å²) in [6.45, 7) is 4.72. The molecule has 0 atom stereocenters. The lowest BCUT2D eigenvalue weighted by atomic mass is 10.2. The van der Waals surface area contributed by atoms with Crippen LogP contribution in [0.2, 0.25) is 0 Å². The van der Waals surface area contributed by atoms with Gasteiger partial charge in [-0.25, -0.2) is 0 Å². The molecule has 3 nitrogen and oxygen atoms in total. The minimum absolute atomic E-state index is 0.502. The van der Waals surface area contributed by atoms with E-state index < -0.39 is 0 Å². The molecule has 0 aromatic heterocycles. The Hall–Kier alpha value is -0.550. The number of hydrogen-bond acceptors (Lipinski definition) is 3. The maximum absolute atomic E-state index is 5.66. The van der Waals surface area contributed by atoms with Gasteiger partial charge in [0.05, 0.1) is 6.61 Å². The molecule has 5 heteroatoms. The second-order valence-corrected chi connectivity index (χ2v) is 5.24. The molecule has 0 saturated carbocycles. The van der Waals surface area contributed by atoms with Gasteiger partial charge in [-0.3, -0.25) is 0 Å². The Balaban J connectivity index is 2.55. The fourth-order valence-corrected chi connectivity index (χ4v) is 1.85. The lowest BCUT2D eigenvalue weighted by Crippen LogP contribution is -2.18. The summed E-state index contributed by atoms with van der Waals surface area (Å²) in [7, 11) is 1.69. The van der Waals surface area contributed by atoms with Crippen LogP contribution < -0.4 is 10.1 Å². The highest BCUT2D eigenvalue weighted by atomic mass is 79.9. The molecular weight excluding hydrogens is 330 g/mol. The maximum atomic E-state index is 5.66. The summed E-state index contributed by atoms with van der Waals surface area (Å²) in [4.78, 5) is 0. The Morgan fingerprint density at radius 3 is 2.95 bits per heavy atom. The summed E-state index contributed by atoms with van der Waals surface area (Å²) in [6, 6.07) is 5.94. The van der Waals surface area contributed by atoms with E-state index in [9.17, 15) is 0 Å². The van der Waals surface area contributed by atoms with Crippen LogP contribution in [0.1, 0.15) is 12.5 Å². The van der Waals surface area contributed by atoms with E-state index >= 15 is 0 Å². The summed E-state index contributed by atoms with van der Waals surface area (Å²) < 4.78 is 11.7. The zero-order chi connectivity index (χ0) is 14.1. The van der Waals surface area contributed by atoms with Gasteiger partial charge in [0, 0.05) is 30.2 Å². The second kappa shape index (κ2) is 9.37. The second-order valence-electron chi connectivity index (χ2n) is 4.17. The Morgan fingerprint density at radius 2 is 2.26 bits per heavy atom. The molecule has 0 heterocycles. The third-order valence-electron chi connectivity index (χ3n) is 2.47. The van der Waals surface area contributed by atoms with E-state index in [1.165, 1.54) is 5.54 Å². The van der Waals surface area contributed by atoms with Gasteiger partial charge in [-0.05, 0) is 36.3 Å². The molecule has 0 saturated heterocycles. The van der Waals surface area contributed by atoms with Gasteiger partial charge < -0.3 is 14.8 Å². The van der Waals surface area contributed by atoms with Gasteiger partial charge in [0.1, 0.15) is 12.4 Å². The van der Waals surface area contributed by atoms with Crippen LogP contribution in [0.3, 0.4) is 0 Å². The summed E-state index contributed by atoms with van der Waals surface area (Å²) in [5, 5.41) is 3.30. The van der Waals surface area contributed by atoms with Gasteiger partial charge in [0.25, 0.3) is 0 Å². The molecule has 1 aromatic rings. The number of methoxy groups -OCH3 is 1. The van der Waals surface area contributed by atoms with Crippen molar-refractivity contribution in [1.82, 2.24) is 5.32 Å².